The van der Waals surface area contributed by atoms with E-state index in [2.05, 4.69) is 15.3 Å². The van der Waals surface area contributed by atoms with Crippen molar-refractivity contribution in [2.75, 3.05) is 19.7 Å². The van der Waals surface area contributed by atoms with Crippen LogP contribution in [-0.4, -0.2) is 52.6 Å². The Kier molecular flexibility index (Phi) is 4.22. The summed E-state index contributed by atoms with van der Waals surface area (Å²) in [4.78, 5) is 33.9. The number of hydrogen-bond acceptors (Lipinski definition) is 5. The Bertz CT molecular complexity index is 556. The predicted octanol–water partition coefficient (Wildman–Crippen LogP) is 1.31. The van der Waals surface area contributed by atoms with Crippen molar-refractivity contribution in [2.45, 2.75) is 38.1 Å². The lowest BCUT2D eigenvalue weighted by molar-refractivity contribution is 0.0929. The molecule has 1 aliphatic carbocycles. The highest BCUT2D eigenvalue weighted by atomic mass is 16.6. The Balaban J connectivity index is 1.52. The second kappa shape index (κ2) is 6.29. The zero-order valence-electron chi connectivity index (χ0n) is 12.6. The first-order valence-corrected chi connectivity index (χ1v) is 7.72. The van der Waals surface area contributed by atoms with Gasteiger partial charge in [-0.15, -0.1) is 0 Å². The molecule has 2 heterocycles. The first-order valence-electron chi connectivity index (χ1n) is 7.72. The maximum Gasteiger partial charge on any atom is 0.409 e. The summed E-state index contributed by atoms with van der Waals surface area (Å²) in [6.45, 7) is 3.21. The number of rotatable bonds is 4. The van der Waals surface area contributed by atoms with Gasteiger partial charge < -0.3 is 15.0 Å². The molecule has 0 spiro atoms. The van der Waals surface area contributed by atoms with Crippen LogP contribution in [0.15, 0.2) is 12.4 Å². The van der Waals surface area contributed by atoms with Crippen LogP contribution >= 0.6 is 0 Å². The van der Waals surface area contributed by atoms with Crippen LogP contribution in [0.5, 0.6) is 0 Å². The normalized spacial score (nSPS) is 20.8. The van der Waals surface area contributed by atoms with Crippen LogP contribution in [-0.2, 0) is 4.74 Å². The number of carbonyl (C=O) groups is 2. The summed E-state index contributed by atoms with van der Waals surface area (Å²) in [6.07, 6.45) is 5.83. The largest absolute Gasteiger partial charge is 0.450 e. The Morgan fingerprint density at radius 1 is 1.32 bits per heavy atom. The number of hydrogen-bond donors (Lipinski definition) is 1. The zero-order valence-corrected chi connectivity index (χ0v) is 12.6. The molecule has 0 aromatic carbocycles. The lowest BCUT2D eigenvalue weighted by Gasteiger charge is -2.16. The Hall–Kier alpha value is -2.18. The molecule has 1 aliphatic heterocycles. The number of likely N-dealkylation sites (tertiary alicyclic amines) is 1. The monoisotopic (exact) mass is 304 g/mol. The molecule has 0 radical (unpaired) electrons. The van der Waals surface area contributed by atoms with Gasteiger partial charge in [-0.05, 0) is 26.2 Å². The van der Waals surface area contributed by atoms with Gasteiger partial charge in [0.15, 0.2) is 0 Å². The van der Waals surface area contributed by atoms with Gasteiger partial charge in [0, 0.05) is 37.4 Å². The van der Waals surface area contributed by atoms with Gasteiger partial charge in [0.25, 0.3) is 5.91 Å². The van der Waals surface area contributed by atoms with Crippen molar-refractivity contribution in [1.29, 1.82) is 0 Å². The molecule has 2 amide bonds. The molecule has 2 fully saturated rings. The Labute approximate surface area is 129 Å². The van der Waals surface area contributed by atoms with Crippen LogP contribution in [0.4, 0.5) is 4.79 Å². The van der Waals surface area contributed by atoms with Gasteiger partial charge in [-0.3, -0.25) is 4.79 Å². The molecule has 2 aliphatic rings. The van der Waals surface area contributed by atoms with Crippen molar-refractivity contribution >= 4 is 12.0 Å². The fraction of sp³-hybridized carbons (Fsp3) is 0.600. The maximum atomic E-state index is 12.2. The number of amides is 2. The highest BCUT2D eigenvalue weighted by Gasteiger charge is 2.29. The van der Waals surface area contributed by atoms with Gasteiger partial charge in [-0.1, -0.05) is 0 Å². The van der Waals surface area contributed by atoms with Gasteiger partial charge in [0.1, 0.15) is 5.82 Å². The molecule has 1 aromatic heterocycles. The minimum Gasteiger partial charge on any atom is -0.450 e. The molecule has 1 N–H and O–H groups in total. The van der Waals surface area contributed by atoms with E-state index in [-0.39, 0.29) is 18.0 Å². The lowest BCUT2D eigenvalue weighted by Crippen LogP contribution is -2.38. The molecule has 1 saturated heterocycles. The number of nitrogens with one attached hydrogen (secondary N) is 1. The molecular formula is C15H20N4O3. The van der Waals surface area contributed by atoms with Gasteiger partial charge in [0.05, 0.1) is 12.2 Å². The topological polar surface area (TPSA) is 84.4 Å². The van der Waals surface area contributed by atoms with Gasteiger partial charge in [0.2, 0.25) is 0 Å². The summed E-state index contributed by atoms with van der Waals surface area (Å²) < 4.78 is 4.96. The SMILES string of the molecule is CCOC(=O)N1CCC(NC(=O)c2cnc(C3CC3)nc2)C1. The average Bonchev–Trinajstić information content (AvgIpc) is 3.27. The predicted molar refractivity (Wildman–Crippen MR) is 78.5 cm³/mol. The van der Waals surface area contributed by atoms with E-state index in [9.17, 15) is 9.59 Å². The van der Waals surface area contributed by atoms with Crippen molar-refractivity contribution in [1.82, 2.24) is 20.2 Å². The minimum absolute atomic E-state index is 0.0555. The van der Waals surface area contributed by atoms with Gasteiger partial charge >= 0.3 is 6.09 Å². The Morgan fingerprint density at radius 3 is 2.68 bits per heavy atom. The minimum atomic E-state index is -0.323. The van der Waals surface area contributed by atoms with E-state index in [1.165, 1.54) is 0 Å². The van der Waals surface area contributed by atoms with E-state index in [1.807, 2.05) is 0 Å². The summed E-state index contributed by atoms with van der Waals surface area (Å²) in [5.74, 6) is 1.11. The average molecular weight is 304 g/mol. The second-order valence-electron chi connectivity index (χ2n) is 5.71. The van der Waals surface area contributed by atoms with Crippen molar-refractivity contribution in [3.05, 3.63) is 23.8 Å². The maximum absolute atomic E-state index is 12.2. The summed E-state index contributed by atoms with van der Waals surface area (Å²) in [5.41, 5.74) is 0.457. The quantitative estimate of drug-likeness (QED) is 0.906. The highest BCUT2D eigenvalue weighted by molar-refractivity contribution is 5.93. The number of ether oxygens (including phenoxy) is 1. The standard InChI is InChI=1S/C15H20N4O3/c1-2-22-15(21)19-6-5-12(9-19)18-14(20)11-7-16-13(17-8-11)10-3-4-10/h7-8,10,12H,2-6,9H2,1H3,(H,18,20). The van der Waals surface area contributed by atoms with E-state index in [0.29, 0.717) is 31.2 Å². The summed E-state index contributed by atoms with van der Waals surface area (Å²) >= 11 is 0. The van der Waals surface area contributed by atoms with Gasteiger partial charge in [-0.25, -0.2) is 14.8 Å². The van der Waals surface area contributed by atoms with E-state index in [0.717, 1.165) is 25.1 Å². The fourth-order valence-corrected chi connectivity index (χ4v) is 2.54. The number of aromatic nitrogens is 2. The molecule has 1 saturated carbocycles. The molecular weight excluding hydrogens is 284 g/mol. The highest BCUT2D eigenvalue weighted by Crippen LogP contribution is 2.37. The molecule has 3 rings (SSSR count). The molecule has 1 unspecified atom stereocenters. The van der Waals surface area contributed by atoms with Crippen LogP contribution in [0.25, 0.3) is 0 Å². The molecule has 22 heavy (non-hydrogen) atoms. The molecule has 1 aromatic rings. The van der Waals surface area contributed by atoms with Crippen LogP contribution in [0.2, 0.25) is 0 Å². The third-order valence-electron chi connectivity index (χ3n) is 3.93. The number of nitrogens with zero attached hydrogens (tertiary/aromatic N) is 3. The lowest BCUT2D eigenvalue weighted by atomic mass is 10.2. The number of carbonyl (C=O) groups excluding carboxylic acids is 2. The first-order chi connectivity index (χ1) is 10.7. The van der Waals surface area contributed by atoms with Crippen molar-refractivity contribution in [3.63, 3.8) is 0 Å². The summed E-state index contributed by atoms with van der Waals surface area (Å²) in [6, 6.07) is -0.0555. The Morgan fingerprint density at radius 2 is 2.05 bits per heavy atom. The van der Waals surface area contributed by atoms with Crippen LogP contribution in [0, 0.1) is 0 Å². The third-order valence-corrected chi connectivity index (χ3v) is 3.93. The van der Waals surface area contributed by atoms with E-state index in [1.54, 1.807) is 24.2 Å². The van der Waals surface area contributed by atoms with E-state index < -0.39 is 0 Å². The fourth-order valence-electron chi connectivity index (χ4n) is 2.54. The van der Waals surface area contributed by atoms with Crippen molar-refractivity contribution in [3.8, 4) is 0 Å². The van der Waals surface area contributed by atoms with E-state index in [4.69, 9.17) is 4.74 Å². The molecule has 118 valence electrons. The summed E-state index contributed by atoms with van der Waals surface area (Å²) in [5, 5.41) is 2.92. The van der Waals surface area contributed by atoms with Crippen molar-refractivity contribution in [2.24, 2.45) is 0 Å². The summed E-state index contributed by atoms with van der Waals surface area (Å²) in [7, 11) is 0. The zero-order chi connectivity index (χ0) is 15.5. The molecule has 7 nitrogen and oxygen atoms in total. The van der Waals surface area contributed by atoms with E-state index >= 15 is 0 Å². The van der Waals surface area contributed by atoms with Crippen LogP contribution in [0.3, 0.4) is 0 Å². The van der Waals surface area contributed by atoms with Crippen LogP contribution < -0.4 is 5.32 Å². The smallest absolute Gasteiger partial charge is 0.409 e. The first kappa shape index (κ1) is 14.7. The molecule has 7 heteroatoms. The molecule has 0 bridgehead atoms. The van der Waals surface area contributed by atoms with Gasteiger partial charge in [-0.2, -0.15) is 0 Å². The van der Waals surface area contributed by atoms with Crippen molar-refractivity contribution < 1.29 is 14.3 Å². The van der Waals surface area contributed by atoms with Crippen LogP contribution in [0.1, 0.15) is 48.3 Å². The third kappa shape index (κ3) is 3.35. The molecule has 1 atom stereocenters. The second-order valence-corrected chi connectivity index (χ2v) is 5.71.